The number of amides is 1. The molecule has 1 N–H and O–H groups in total. The quantitative estimate of drug-likeness (QED) is 0.624. The largest absolute Gasteiger partial charge is 0.421 e. The Morgan fingerprint density at radius 1 is 1.07 bits per heavy atom. The van der Waals surface area contributed by atoms with Crippen LogP contribution in [0.25, 0.3) is 11.5 Å². The van der Waals surface area contributed by atoms with Gasteiger partial charge < -0.3 is 9.73 Å². The summed E-state index contributed by atoms with van der Waals surface area (Å²) in [5.41, 5.74) is 2.07. The van der Waals surface area contributed by atoms with E-state index >= 15 is 0 Å². The summed E-state index contributed by atoms with van der Waals surface area (Å²) in [5.74, 6) is 0.737. The van der Waals surface area contributed by atoms with Crippen molar-refractivity contribution >= 4 is 21.4 Å². The number of aryl methyl sites for hydroxylation is 1. The molecule has 3 aromatic rings. The van der Waals surface area contributed by atoms with Crippen molar-refractivity contribution in [3.63, 3.8) is 0 Å². The SMILES string of the molecule is CS(=O)(=O)Cc1cccc(NC(=O)CCCc2nnc(-c3ccccc3)o2)c1. The molecule has 1 amide bonds. The number of carbonyl (C=O) groups is 1. The lowest BCUT2D eigenvalue weighted by atomic mass is 10.2. The molecule has 0 saturated carbocycles. The van der Waals surface area contributed by atoms with Crippen molar-refractivity contribution in [3.8, 4) is 11.5 Å². The van der Waals surface area contributed by atoms with Crippen LogP contribution in [-0.4, -0.2) is 30.8 Å². The number of hydrogen-bond donors (Lipinski definition) is 1. The molecule has 0 fully saturated rings. The third kappa shape index (κ3) is 6.02. The van der Waals surface area contributed by atoms with E-state index in [0.717, 1.165) is 5.56 Å². The lowest BCUT2D eigenvalue weighted by molar-refractivity contribution is -0.116. The third-order valence-corrected chi connectivity index (χ3v) is 4.78. The number of benzene rings is 2. The summed E-state index contributed by atoms with van der Waals surface area (Å²) in [5, 5.41) is 10.8. The van der Waals surface area contributed by atoms with E-state index in [1.165, 1.54) is 6.26 Å². The van der Waals surface area contributed by atoms with E-state index in [2.05, 4.69) is 15.5 Å². The molecular weight excluding hydrogens is 378 g/mol. The van der Waals surface area contributed by atoms with Gasteiger partial charge >= 0.3 is 0 Å². The molecule has 2 aromatic carbocycles. The Balaban J connectivity index is 1.49. The summed E-state index contributed by atoms with van der Waals surface area (Å²) in [6.45, 7) is 0. The van der Waals surface area contributed by atoms with Gasteiger partial charge in [0, 0.05) is 30.3 Å². The monoisotopic (exact) mass is 399 g/mol. The third-order valence-electron chi connectivity index (χ3n) is 3.92. The van der Waals surface area contributed by atoms with Gasteiger partial charge in [-0.25, -0.2) is 8.42 Å². The lowest BCUT2D eigenvalue weighted by Gasteiger charge is -2.07. The van der Waals surface area contributed by atoms with Gasteiger partial charge in [0.05, 0.1) is 5.75 Å². The maximum atomic E-state index is 12.1. The van der Waals surface area contributed by atoms with Gasteiger partial charge in [-0.1, -0.05) is 30.3 Å². The number of nitrogens with one attached hydrogen (secondary N) is 1. The fourth-order valence-electron chi connectivity index (χ4n) is 2.72. The molecule has 3 rings (SSSR count). The van der Waals surface area contributed by atoms with E-state index in [0.29, 0.717) is 42.3 Å². The number of nitrogens with zero attached hydrogens (tertiary/aromatic N) is 2. The van der Waals surface area contributed by atoms with Crippen LogP contribution in [0.15, 0.2) is 59.0 Å². The molecule has 0 bridgehead atoms. The van der Waals surface area contributed by atoms with Crippen molar-refractivity contribution in [2.75, 3.05) is 11.6 Å². The minimum atomic E-state index is -3.12. The van der Waals surface area contributed by atoms with Gasteiger partial charge in [0.1, 0.15) is 0 Å². The fourth-order valence-corrected chi connectivity index (χ4v) is 3.50. The first-order valence-corrected chi connectivity index (χ1v) is 10.9. The second-order valence-electron chi connectivity index (χ2n) is 6.54. The van der Waals surface area contributed by atoms with E-state index in [4.69, 9.17) is 4.42 Å². The first kappa shape index (κ1) is 19.8. The highest BCUT2D eigenvalue weighted by molar-refractivity contribution is 7.89. The predicted molar refractivity (Wildman–Crippen MR) is 106 cm³/mol. The molecule has 7 nitrogen and oxygen atoms in total. The zero-order valence-electron chi connectivity index (χ0n) is 15.5. The van der Waals surface area contributed by atoms with Crippen LogP contribution in [0.2, 0.25) is 0 Å². The molecule has 1 heterocycles. The van der Waals surface area contributed by atoms with Crippen molar-refractivity contribution in [1.29, 1.82) is 0 Å². The summed E-state index contributed by atoms with van der Waals surface area (Å²) < 4.78 is 28.4. The minimum absolute atomic E-state index is 0.0579. The van der Waals surface area contributed by atoms with Gasteiger partial charge in [0.25, 0.3) is 0 Å². The summed E-state index contributed by atoms with van der Waals surface area (Å²) in [4.78, 5) is 12.1. The van der Waals surface area contributed by atoms with Crippen molar-refractivity contribution in [2.45, 2.75) is 25.0 Å². The molecule has 8 heteroatoms. The summed E-state index contributed by atoms with van der Waals surface area (Å²) in [7, 11) is -3.12. The Morgan fingerprint density at radius 2 is 1.86 bits per heavy atom. The Hall–Kier alpha value is -3.00. The highest BCUT2D eigenvalue weighted by atomic mass is 32.2. The average Bonchev–Trinajstić information content (AvgIpc) is 3.10. The molecule has 0 unspecified atom stereocenters. The summed E-state index contributed by atoms with van der Waals surface area (Å²) in [6.07, 6.45) is 2.53. The number of rotatable bonds is 8. The van der Waals surface area contributed by atoms with Crippen LogP contribution in [0.4, 0.5) is 5.69 Å². The highest BCUT2D eigenvalue weighted by Crippen LogP contribution is 2.18. The molecule has 0 atom stereocenters. The average molecular weight is 399 g/mol. The van der Waals surface area contributed by atoms with E-state index in [1.807, 2.05) is 30.3 Å². The lowest BCUT2D eigenvalue weighted by Crippen LogP contribution is -2.12. The highest BCUT2D eigenvalue weighted by Gasteiger charge is 2.10. The molecule has 0 aliphatic heterocycles. The predicted octanol–water partition coefficient (Wildman–Crippen LogP) is 3.24. The molecule has 0 radical (unpaired) electrons. The molecule has 146 valence electrons. The van der Waals surface area contributed by atoms with Crippen molar-refractivity contribution in [2.24, 2.45) is 0 Å². The maximum Gasteiger partial charge on any atom is 0.247 e. The maximum absolute atomic E-state index is 12.1. The number of aromatic nitrogens is 2. The van der Waals surface area contributed by atoms with Gasteiger partial charge in [-0.2, -0.15) is 0 Å². The number of hydrogen-bond acceptors (Lipinski definition) is 6. The van der Waals surface area contributed by atoms with E-state index in [-0.39, 0.29) is 11.7 Å². The smallest absolute Gasteiger partial charge is 0.247 e. The van der Waals surface area contributed by atoms with Gasteiger partial charge in [-0.15, -0.1) is 10.2 Å². The van der Waals surface area contributed by atoms with Gasteiger partial charge in [0.2, 0.25) is 17.7 Å². The fraction of sp³-hybridized carbons (Fsp3) is 0.250. The molecule has 0 aliphatic carbocycles. The Kier molecular flexibility index (Phi) is 6.20. The van der Waals surface area contributed by atoms with E-state index in [9.17, 15) is 13.2 Å². The Morgan fingerprint density at radius 3 is 2.61 bits per heavy atom. The molecule has 28 heavy (non-hydrogen) atoms. The van der Waals surface area contributed by atoms with E-state index < -0.39 is 9.84 Å². The first-order chi connectivity index (χ1) is 13.4. The van der Waals surface area contributed by atoms with Crippen molar-refractivity contribution in [3.05, 3.63) is 66.1 Å². The van der Waals surface area contributed by atoms with Gasteiger partial charge in [-0.05, 0) is 36.2 Å². The van der Waals surface area contributed by atoms with Crippen LogP contribution in [0, 0.1) is 0 Å². The van der Waals surface area contributed by atoms with Crippen LogP contribution < -0.4 is 5.32 Å². The molecule has 0 saturated heterocycles. The van der Waals surface area contributed by atoms with Crippen LogP contribution in [0.3, 0.4) is 0 Å². The summed E-state index contributed by atoms with van der Waals surface area (Å²) in [6, 6.07) is 16.3. The summed E-state index contributed by atoms with van der Waals surface area (Å²) >= 11 is 0. The van der Waals surface area contributed by atoms with Crippen LogP contribution in [-0.2, 0) is 26.8 Å². The topological polar surface area (TPSA) is 102 Å². The Labute approximate surface area is 163 Å². The number of anilines is 1. The standard InChI is InChI=1S/C20H21N3O4S/c1-28(25,26)14-15-7-5-10-17(13-15)21-18(24)11-6-12-19-22-23-20(27-19)16-8-3-2-4-9-16/h2-5,7-10,13H,6,11-12,14H2,1H3,(H,21,24). The second-order valence-corrected chi connectivity index (χ2v) is 8.68. The van der Waals surface area contributed by atoms with Crippen LogP contribution >= 0.6 is 0 Å². The second kappa shape index (κ2) is 8.79. The molecule has 0 aliphatic rings. The molecular formula is C20H21N3O4S. The first-order valence-electron chi connectivity index (χ1n) is 8.83. The molecule has 0 spiro atoms. The zero-order valence-corrected chi connectivity index (χ0v) is 16.3. The number of sulfone groups is 1. The van der Waals surface area contributed by atoms with Crippen molar-refractivity contribution in [1.82, 2.24) is 10.2 Å². The van der Waals surface area contributed by atoms with Crippen molar-refractivity contribution < 1.29 is 17.6 Å². The van der Waals surface area contributed by atoms with E-state index in [1.54, 1.807) is 24.3 Å². The van der Waals surface area contributed by atoms with Gasteiger partial charge in [-0.3, -0.25) is 4.79 Å². The number of carbonyl (C=O) groups excluding carboxylic acids is 1. The van der Waals surface area contributed by atoms with Gasteiger partial charge in [0.15, 0.2) is 9.84 Å². The molecule has 1 aromatic heterocycles. The zero-order chi connectivity index (χ0) is 20.0. The van der Waals surface area contributed by atoms with Crippen LogP contribution in [0.5, 0.6) is 0 Å². The Bertz CT molecular complexity index is 1050. The minimum Gasteiger partial charge on any atom is -0.421 e. The normalized spacial score (nSPS) is 11.3. The van der Waals surface area contributed by atoms with Crippen LogP contribution in [0.1, 0.15) is 24.3 Å².